The van der Waals surface area contributed by atoms with Crippen molar-refractivity contribution in [3.8, 4) is 17.2 Å². The number of aryl methyl sites for hydroxylation is 3. The molecule has 49 heavy (non-hydrogen) atoms. The van der Waals surface area contributed by atoms with Crippen molar-refractivity contribution >= 4 is 59.0 Å². The molecule has 0 saturated heterocycles. The fraction of sp³-hybridized carbons (Fsp3) is 0.0750. The van der Waals surface area contributed by atoms with E-state index >= 15 is 0 Å². The van der Waals surface area contributed by atoms with Gasteiger partial charge in [0.1, 0.15) is 5.82 Å². The standard InChI is InChI=1S/C40H27N5O2S.Pt/c1-24-15-20-37(41-23-24)44-34-13-6-5-12-31(34)32-19-17-28(22-36(32)44)48(46,47)27-16-18-29-30-11-4-7-14-35(30)45-39(33(29)21-27)42-43-40(45)38-25(2)9-8-10-26(38)3;/h4-20,23H,1-3H3;/q-2;+2. The summed E-state index contributed by atoms with van der Waals surface area (Å²) in [6, 6.07) is 39.6. The molecule has 0 atom stereocenters. The largest absolute Gasteiger partial charge is 2.00 e. The maximum absolute atomic E-state index is 14.4. The average Bonchev–Trinajstić information content (AvgIpc) is 3.68. The second kappa shape index (κ2) is 11.5. The quantitative estimate of drug-likeness (QED) is 0.131. The van der Waals surface area contributed by atoms with Crippen LogP contribution in [0.15, 0.2) is 119 Å². The maximum Gasteiger partial charge on any atom is 2.00 e. The van der Waals surface area contributed by atoms with Crippen molar-refractivity contribution in [1.82, 2.24) is 24.1 Å². The third-order valence-electron chi connectivity index (χ3n) is 9.21. The molecule has 9 rings (SSSR count). The molecule has 0 amide bonds. The first-order valence-electron chi connectivity index (χ1n) is 15.6. The molecule has 0 bridgehead atoms. The molecule has 4 aromatic heterocycles. The van der Waals surface area contributed by atoms with E-state index in [-0.39, 0.29) is 30.9 Å². The molecule has 0 aliphatic rings. The summed E-state index contributed by atoms with van der Waals surface area (Å²) in [6.07, 6.45) is 1.81. The van der Waals surface area contributed by atoms with Crippen LogP contribution < -0.4 is 0 Å². The molecular weight excluding hydrogens is 810 g/mol. The van der Waals surface area contributed by atoms with Gasteiger partial charge in [0, 0.05) is 22.8 Å². The van der Waals surface area contributed by atoms with Gasteiger partial charge in [-0.25, -0.2) is 13.4 Å². The SMILES string of the molecule is Cc1ccc(-n2c3[c-]c(S(=O)(=O)c4[c-]c5c(cc4)c4ccccc4n4c(-c6c(C)cccc6C)nnc54)ccc3c3ccccc32)nc1.[Pt+2]. The average molecular weight is 837 g/mol. The maximum atomic E-state index is 14.4. The summed E-state index contributed by atoms with van der Waals surface area (Å²) in [4.78, 5) is 4.76. The monoisotopic (exact) mass is 836 g/mol. The Morgan fingerprint density at radius 3 is 2.00 bits per heavy atom. The van der Waals surface area contributed by atoms with E-state index in [1.165, 1.54) is 0 Å². The molecule has 0 saturated carbocycles. The van der Waals surface area contributed by atoms with Gasteiger partial charge in [-0.05, 0) is 76.2 Å². The van der Waals surface area contributed by atoms with Crippen LogP contribution >= 0.6 is 0 Å². The summed E-state index contributed by atoms with van der Waals surface area (Å²) in [6.45, 7) is 6.11. The van der Waals surface area contributed by atoms with Crippen molar-refractivity contribution < 1.29 is 29.5 Å². The van der Waals surface area contributed by atoms with Gasteiger partial charge in [0.15, 0.2) is 15.7 Å². The van der Waals surface area contributed by atoms with E-state index < -0.39 is 9.84 Å². The summed E-state index contributed by atoms with van der Waals surface area (Å²) in [7, 11) is -4.05. The predicted molar refractivity (Wildman–Crippen MR) is 189 cm³/mol. The van der Waals surface area contributed by atoms with Gasteiger partial charge in [0.05, 0.1) is 5.65 Å². The number of para-hydroxylation sites is 2. The Hall–Kier alpha value is -5.17. The number of aromatic nitrogens is 5. The van der Waals surface area contributed by atoms with Gasteiger partial charge < -0.3 is 8.97 Å². The van der Waals surface area contributed by atoms with Crippen molar-refractivity contribution in [3.63, 3.8) is 0 Å². The summed E-state index contributed by atoms with van der Waals surface area (Å²) in [5.74, 6) is 1.40. The molecule has 9 heteroatoms. The van der Waals surface area contributed by atoms with Gasteiger partial charge in [0.2, 0.25) is 0 Å². The van der Waals surface area contributed by atoms with Crippen LogP contribution in [0.4, 0.5) is 0 Å². The van der Waals surface area contributed by atoms with Crippen LogP contribution in [0.5, 0.6) is 0 Å². The second-order valence-corrected chi connectivity index (χ2v) is 14.1. The van der Waals surface area contributed by atoms with Crippen LogP contribution in [0, 0.1) is 32.9 Å². The number of rotatable bonds is 4. The molecule has 0 fully saturated rings. The molecular formula is C40H27N5O2PtS. The van der Waals surface area contributed by atoms with E-state index in [4.69, 9.17) is 0 Å². The molecule has 0 radical (unpaired) electrons. The van der Waals surface area contributed by atoms with Gasteiger partial charge in [-0.1, -0.05) is 77.0 Å². The molecule has 0 N–H and O–H groups in total. The first-order chi connectivity index (χ1) is 23.3. The Labute approximate surface area is 297 Å². The number of pyridine rings is 2. The van der Waals surface area contributed by atoms with Crippen LogP contribution in [0.1, 0.15) is 16.7 Å². The topological polar surface area (TPSA) is 82.2 Å². The van der Waals surface area contributed by atoms with Crippen molar-refractivity contribution in [2.45, 2.75) is 30.6 Å². The van der Waals surface area contributed by atoms with Gasteiger partial charge in [-0.2, -0.15) is 17.2 Å². The number of fused-ring (bicyclic) bond motifs is 9. The number of benzene rings is 5. The fourth-order valence-electron chi connectivity index (χ4n) is 6.91. The van der Waals surface area contributed by atoms with Gasteiger partial charge in [-0.3, -0.25) is 0 Å². The molecule has 0 aliphatic heterocycles. The molecule has 0 spiro atoms. The zero-order valence-corrected chi connectivity index (χ0v) is 29.8. The molecule has 240 valence electrons. The van der Waals surface area contributed by atoms with Crippen LogP contribution in [-0.4, -0.2) is 32.6 Å². The minimum Gasteiger partial charge on any atom is -0.319 e. The normalized spacial score (nSPS) is 12.0. The predicted octanol–water partition coefficient (Wildman–Crippen LogP) is 8.55. The van der Waals surface area contributed by atoms with Crippen molar-refractivity contribution in [1.29, 1.82) is 0 Å². The summed E-state index contributed by atoms with van der Waals surface area (Å²) < 4.78 is 32.8. The molecule has 4 heterocycles. The van der Waals surface area contributed by atoms with Gasteiger partial charge >= 0.3 is 21.1 Å². The van der Waals surface area contributed by atoms with E-state index in [2.05, 4.69) is 53.3 Å². The van der Waals surface area contributed by atoms with Crippen molar-refractivity contribution in [3.05, 3.63) is 138 Å². The molecule has 0 unspecified atom stereocenters. The zero-order valence-electron chi connectivity index (χ0n) is 26.7. The minimum atomic E-state index is -4.05. The molecule has 7 nitrogen and oxygen atoms in total. The Bertz CT molecular complexity index is 2870. The Kier molecular flexibility index (Phi) is 7.28. The third kappa shape index (κ3) is 4.66. The Morgan fingerprint density at radius 1 is 0.633 bits per heavy atom. The minimum absolute atomic E-state index is 0. The molecule has 9 aromatic rings. The number of hydrogen-bond donors (Lipinski definition) is 0. The van der Waals surface area contributed by atoms with Gasteiger partial charge in [-0.15, -0.1) is 34.8 Å². The van der Waals surface area contributed by atoms with E-state index in [1.807, 2.05) is 94.8 Å². The number of nitrogens with zero attached hydrogens (tertiary/aromatic N) is 5. The van der Waals surface area contributed by atoms with Crippen molar-refractivity contribution in [2.75, 3.05) is 0 Å². The molecule has 5 aromatic carbocycles. The summed E-state index contributed by atoms with van der Waals surface area (Å²) >= 11 is 0. The summed E-state index contributed by atoms with van der Waals surface area (Å²) in [5, 5.41) is 13.6. The molecule has 0 aliphatic carbocycles. The first kappa shape index (κ1) is 31.1. The first-order valence-corrected chi connectivity index (χ1v) is 17.1. The Morgan fingerprint density at radius 2 is 1.29 bits per heavy atom. The van der Waals surface area contributed by atoms with Crippen molar-refractivity contribution in [2.24, 2.45) is 0 Å². The van der Waals surface area contributed by atoms with Crippen LogP contribution in [0.25, 0.3) is 66.3 Å². The zero-order chi connectivity index (χ0) is 32.7. The van der Waals surface area contributed by atoms with Crippen LogP contribution in [0.3, 0.4) is 0 Å². The van der Waals surface area contributed by atoms with Crippen LogP contribution in [0.2, 0.25) is 0 Å². The Balaban J connectivity index is 0.00000348. The van der Waals surface area contributed by atoms with Crippen LogP contribution in [-0.2, 0) is 30.9 Å². The fourth-order valence-corrected chi connectivity index (χ4v) is 8.11. The van der Waals surface area contributed by atoms with E-state index in [0.717, 1.165) is 54.8 Å². The third-order valence-corrected chi connectivity index (χ3v) is 10.8. The number of sulfone groups is 1. The smallest absolute Gasteiger partial charge is 0.319 e. The van der Waals surface area contributed by atoms with E-state index in [0.29, 0.717) is 28.2 Å². The van der Waals surface area contributed by atoms with Gasteiger partial charge in [0.25, 0.3) is 0 Å². The number of hydrogen-bond acceptors (Lipinski definition) is 5. The van der Waals surface area contributed by atoms with E-state index in [9.17, 15) is 8.42 Å². The summed E-state index contributed by atoms with van der Waals surface area (Å²) in [5.41, 5.74) is 7.24. The second-order valence-electron chi connectivity index (χ2n) is 12.2. The van der Waals surface area contributed by atoms with E-state index in [1.54, 1.807) is 18.3 Å².